The summed E-state index contributed by atoms with van der Waals surface area (Å²) in [4.78, 5) is 24.0. The maximum Gasteiger partial charge on any atom is 0.249 e. The van der Waals surface area contributed by atoms with Crippen molar-refractivity contribution >= 4 is 35.3 Å². The SMILES string of the molecule is CCOc1cc(C=NNC(=O)CC(=O)Nc2ccccc2Cl)ccc1OCc1ccc(C)cc1. The van der Waals surface area contributed by atoms with Gasteiger partial charge in [0.1, 0.15) is 13.0 Å². The number of para-hydroxylation sites is 1. The molecule has 0 heterocycles. The molecular weight excluding hydrogens is 454 g/mol. The van der Waals surface area contributed by atoms with Crippen LogP contribution in [0, 0.1) is 6.92 Å². The topological polar surface area (TPSA) is 89.0 Å². The molecule has 2 N–H and O–H groups in total. The minimum Gasteiger partial charge on any atom is -0.490 e. The molecule has 0 spiro atoms. The molecule has 0 saturated carbocycles. The first-order chi connectivity index (χ1) is 16.4. The second-order valence-corrected chi connectivity index (χ2v) is 7.82. The predicted octanol–water partition coefficient (Wildman–Crippen LogP) is 5.11. The van der Waals surface area contributed by atoms with Crippen molar-refractivity contribution in [1.82, 2.24) is 5.43 Å². The normalized spacial score (nSPS) is 10.7. The van der Waals surface area contributed by atoms with Crippen LogP contribution < -0.4 is 20.2 Å². The predicted molar refractivity (Wildman–Crippen MR) is 134 cm³/mol. The van der Waals surface area contributed by atoms with Crippen LogP contribution in [0.5, 0.6) is 11.5 Å². The second kappa shape index (κ2) is 12.4. The minimum absolute atomic E-state index is 0.390. The van der Waals surface area contributed by atoms with Crippen LogP contribution in [0.1, 0.15) is 30.0 Å². The Labute approximate surface area is 203 Å². The van der Waals surface area contributed by atoms with Crippen molar-refractivity contribution in [3.8, 4) is 11.5 Å². The van der Waals surface area contributed by atoms with Gasteiger partial charge in [0.25, 0.3) is 0 Å². The van der Waals surface area contributed by atoms with Gasteiger partial charge in [-0.1, -0.05) is 53.6 Å². The number of nitrogens with zero attached hydrogens (tertiary/aromatic N) is 1. The third-order valence-corrected chi connectivity index (χ3v) is 4.98. The Bertz CT molecular complexity index is 1160. The van der Waals surface area contributed by atoms with Gasteiger partial charge < -0.3 is 14.8 Å². The number of benzene rings is 3. The summed E-state index contributed by atoms with van der Waals surface area (Å²) < 4.78 is 11.6. The molecule has 0 aromatic heterocycles. The lowest BCUT2D eigenvalue weighted by molar-refractivity contribution is -0.126. The molecule has 7 nitrogen and oxygen atoms in total. The summed E-state index contributed by atoms with van der Waals surface area (Å²) in [5.74, 6) is 0.141. The van der Waals surface area contributed by atoms with Crippen LogP contribution in [0.3, 0.4) is 0 Å². The number of carbonyl (C=O) groups excluding carboxylic acids is 2. The highest BCUT2D eigenvalue weighted by Crippen LogP contribution is 2.29. The summed E-state index contributed by atoms with van der Waals surface area (Å²) in [6, 6.07) is 20.3. The third-order valence-electron chi connectivity index (χ3n) is 4.65. The van der Waals surface area contributed by atoms with Gasteiger partial charge in [0, 0.05) is 0 Å². The average molecular weight is 480 g/mol. The number of hydrogen-bond donors (Lipinski definition) is 2. The van der Waals surface area contributed by atoms with E-state index in [1.54, 1.807) is 42.5 Å². The fourth-order valence-electron chi connectivity index (χ4n) is 2.96. The molecule has 0 bridgehead atoms. The molecule has 176 valence electrons. The summed E-state index contributed by atoms with van der Waals surface area (Å²) in [7, 11) is 0. The number of anilines is 1. The van der Waals surface area contributed by atoms with E-state index in [0.717, 1.165) is 5.56 Å². The van der Waals surface area contributed by atoms with Crippen LogP contribution in [-0.4, -0.2) is 24.6 Å². The zero-order valence-electron chi connectivity index (χ0n) is 19.0. The minimum atomic E-state index is -0.552. The third kappa shape index (κ3) is 7.64. The fraction of sp³-hybridized carbons (Fsp3) is 0.192. The van der Waals surface area contributed by atoms with Crippen molar-refractivity contribution in [3.05, 3.63) is 88.4 Å². The maximum atomic E-state index is 12.0. The molecule has 8 heteroatoms. The summed E-state index contributed by atoms with van der Waals surface area (Å²) in [5.41, 5.74) is 5.73. The van der Waals surface area contributed by atoms with Crippen LogP contribution in [0.4, 0.5) is 5.69 Å². The molecule has 0 saturated heterocycles. The largest absolute Gasteiger partial charge is 0.490 e. The molecule has 0 atom stereocenters. The van der Waals surface area contributed by atoms with Gasteiger partial charge in [-0.15, -0.1) is 0 Å². The van der Waals surface area contributed by atoms with Gasteiger partial charge in [0.2, 0.25) is 11.8 Å². The Morgan fingerprint density at radius 2 is 1.74 bits per heavy atom. The van der Waals surface area contributed by atoms with Crippen molar-refractivity contribution in [2.24, 2.45) is 5.10 Å². The number of ether oxygens (including phenoxy) is 2. The lowest BCUT2D eigenvalue weighted by Gasteiger charge is -2.12. The molecule has 0 radical (unpaired) electrons. The Kier molecular flexibility index (Phi) is 9.05. The Morgan fingerprint density at radius 3 is 2.47 bits per heavy atom. The average Bonchev–Trinajstić information content (AvgIpc) is 2.81. The molecule has 3 rings (SSSR count). The van der Waals surface area contributed by atoms with Crippen molar-refractivity contribution in [2.75, 3.05) is 11.9 Å². The fourth-order valence-corrected chi connectivity index (χ4v) is 3.14. The van der Waals surface area contributed by atoms with Crippen LogP contribution >= 0.6 is 11.6 Å². The first-order valence-electron chi connectivity index (χ1n) is 10.8. The molecular formula is C26H26ClN3O4. The molecule has 2 amide bonds. The molecule has 34 heavy (non-hydrogen) atoms. The van der Waals surface area contributed by atoms with Crippen molar-refractivity contribution in [1.29, 1.82) is 0 Å². The summed E-state index contributed by atoms with van der Waals surface area (Å²) in [5, 5.41) is 6.91. The molecule has 0 fully saturated rings. The number of carbonyl (C=O) groups is 2. The molecule has 0 aliphatic carbocycles. The number of aryl methyl sites for hydroxylation is 1. The quantitative estimate of drug-likeness (QED) is 0.240. The first-order valence-corrected chi connectivity index (χ1v) is 11.1. The number of hydrazone groups is 1. The number of halogens is 1. The van der Waals surface area contributed by atoms with E-state index in [-0.39, 0.29) is 0 Å². The summed E-state index contributed by atoms with van der Waals surface area (Å²) in [6.07, 6.45) is 1.08. The van der Waals surface area contributed by atoms with E-state index in [2.05, 4.69) is 15.8 Å². The highest BCUT2D eigenvalue weighted by Gasteiger charge is 2.11. The van der Waals surface area contributed by atoms with Gasteiger partial charge >= 0.3 is 0 Å². The summed E-state index contributed by atoms with van der Waals surface area (Å²) >= 11 is 6.00. The highest BCUT2D eigenvalue weighted by atomic mass is 35.5. The van der Waals surface area contributed by atoms with Crippen molar-refractivity contribution in [3.63, 3.8) is 0 Å². The smallest absolute Gasteiger partial charge is 0.249 e. The van der Waals surface area contributed by atoms with Gasteiger partial charge in [0.05, 0.1) is 23.5 Å². The van der Waals surface area contributed by atoms with E-state index in [9.17, 15) is 9.59 Å². The van der Waals surface area contributed by atoms with E-state index in [1.807, 2.05) is 38.1 Å². The van der Waals surface area contributed by atoms with Gasteiger partial charge in [-0.2, -0.15) is 5.10 Å². The number of nitrogens with one attached hydrogen (secondary N) is 2. The van der Waals surface area contributed by atoms with Crippen LogP contribution in [0.2, 0.25) is 5.02 Å². The van der Waals surface area contributed by atoms with Gasteiger partial charge in [0.15, 0.2) is 11.5 Å². The number of rotatable bonds is 10. The Balaban J connectivity index is 1.54. The molecule has 3 aromatic rings. The second-order valence-electron chi connectivity index (χ2n) is 7.41. The van der Waals surface area contributed by atoms with E-state index in [1.165, 1.54) is 11.8 Å². The zero-order chi connectivity index (χ0) is 24.3. The van der Waals surface area contributed by atoms with E-state index < -0.39 is 18.2 Å². The van der Waals surface area contributed by atoms with Crippen LogP contribution in [0.15, 0.2) is 71.8 Å². The van der Waals surface area contributed by atoms with E-state index in [0.29, 0.717) is 41.0 Å². The molecule has 0 aliphatic heterocycles. The van der Waals surface area contributed by atoms with Gasteiger partial charge in [-0.3, -0.25) is 9.59 Å². The van der Waals surface area contributed by atoms with Crippen LogP contribution in [0.25, 0.3) is 0 Å². The zero-order valence-corrected chi connectivity index (χ0v) is 19.8. The first kappa shape index (κ1) is 24.8. The lowest BCUT2D eigenvalue weighted by atomic mass is 10.2. The molecule has 0 aliphatic rings. The maximum absolute atomic E-state index is 12.0. The van der Waals surface area contributed by atoms with Crippen molar-refractivity contribution < 1.29 is 19.1 Å². The van der Waals surface area contributed by atoms with Crippen molar-refractivity contribution in [2.45, 2.75) is 26.9 Å². The number of hydrogen-bond acceptors (Lipinski definition) is 5. The molecule has 3 aromatic carbocycles. The lowest BCUT2D eigenvalue weighted by Crippen LogP contribution is -2.24. The Morgan fingerprint density at radius 1 is 0.971 bits per heavy atom. The van der Waals surface area contributed by atoms with E-state index in [4.69, 9.17) is 21.1 Å². The number of amides is 2. The monoisotopic (exact) mass is 479 g/mol. The van der Waals surface area contributed by atoms with Gasteiger partial charge in [-0.05, 0) is 55.3 Å². The summed E-state index contributed by atoms with van der Waals surface area (Å²) in [6.45, 7) is 4.81. The van der Waals surface area contributed by atoms with Crippen LogP contribution in [-0.2, 0) is 16.2 Å². The highest BCUT2D eigenvalue weighted by molar-refractivity contribution is 6.33. The van der Waals surface area contributed by atoms with Gasteiger partial charge in [-0.25, -0.2) is 5.43 Å². The van der Waals surface area contributed by atoms with E-state index >= 15 is 0 Å². The molecule has 0 unspecified atom stereocenters. The standard InChI is InChI=1S/C26H26ClN3O4/c1-3-33-24-14-20(12-13-23(24)34-17-19-10-8-18(2)9-11-19)16-28-30-26(32)15-25(31)29-22-7-5-4-6-21(22)27/h4-14,16H,3,15,17H2,1-2H3,(H,29,31)(H,30,32). The Hall–Kier alpha value is -3.84.